The standard InChI is InChI=1S/C9H19NO2S/c1-9(2,3)13(11)10-7-8-5-4-6-12-8/h8,10H,4-7H2,1-3H3/t8-,13+/m0/s1. The lowest BCUT2D eigenvalue weighted by Crippen LogP contribution is -2.42. The van der Waals surface area contributed by atoms with E-state index >= 15 is 0 Å². The van der Waals surface area contributed by atoms with Gasteiger partial charge in [-0.25, -0.2) is 0 Å². The molecular formula is C9H19NO2S. The van der Waals surface area contributed by atoms with Gasteiger partial charge in [0.05, 0.1) is 12.6 Å². The molecule has 0 saturated carbocycles. The molecule has 1 saturated heterocycles. The van der Waals surface area contributed by atoms with Crippen LogP contribution in [0.25, 0.3) is 0 Å². The molecule has 78 valence electrons. The van der Waals surface area contributed by atoms with Gasteiger partial charge in [0.2, 0.25) is 0 Å². The van der Waals surface area contributed by atoms with Crippen LogP contribution in [-0.2, 0) is 16.1 Å². The average molecular weight is 205 g/mol. The van der Waals surface area contributed by atoms with Crippen LogP contribution in [0.1, 0.15) is 33.6 Å². The van der Waals surface area contributed by atoms with Gasteiger partial charge >= 0.3 is 0 Å². The summed E-state index contributed by atoms with van der Waals surface area (Å²) in [6, 6.07) is 0. The third-order valence-corrected chi connectivity index (χ3v) is 3.56. The molecule has 0 aromatic rings. The molecule has 1 rings (SSSR count). The highest BCUT2D eigenvalue weighted by molar-refractivity contribution is 7.90. The SMILES string of the molecule is CC(C)(C)[S@@+]([O-])NC[C@@H]1CCCO1. The van der Waals surface area contributed by atoms with Crippen LogP contribution in [0.15, 0.2) is 0 Å². The normalized spacial score (nSPS) is 26.3. The van der Waals surface area contributed by atoms with E-state index in [-0.39, 0.29) is 10.9 Å². The molecule has 3 nitrogen and oxygen atoms in total. The molecule has 0 aliphatic carbocycles. The molecule has 13 heavy (non-hydrogen) atoms. The zero-order valence-corrected chi connectivity index (χ0v) is 9.45. The van der Waals surface area contributed by atoms with Crippen molar-refractivity contribution in [1.82, 2.24) is 4.72 Å². The van der Waals surface area contributed by atoms with E-state index in [4.69, 9.17) is 4.74 Å². The topological polar surface area (TPSA) is 44.3 Å². The Balaban J connectivity index is 2.17. The van der Waals surface area contributed by atoms with Gasteiger partial charge in [0.15, 0.2) is 0 Å². The van der Waals surface area contributed by atoms with Crippen LogP contribution in [0.2, 0.25) is 0 Å². The van der Waals surface area contributed by atoms with Crippen LogP contribution in [0, 0.1) is 0 Å². The lowest BCUT2D eigenvalue weighted by Gasteiger charge is -2.24. The lowest BCUT2D eigenvalue weighted by atomic mass is 10.2. The van der Waals surface area contributed by atoms with E-state index in [1.807, 2.05) is 20.8 Å². The van der Waals surface area contributed by atoms with E-state index < -0.39 is 11.4 Å². The van der Waals surface area contributed by atoms with Gasteiger partial charge in [-0.2, -0.15) is 0 Å². The Morgan fingerprint density at radius 3 is 2.69 bits per heavy atom. The van der Waals surface area contributed by atoms with Crippen LogP contribution < -0.4 is 4.72 Å². The summed E-state index contributed by atoms with van der Waals surface area (Å²) in [5.74, 6) is 0. The van der Waals surface area contributed by atoms with Crippen molar-refractivity contribution in [3.8, 4) is 0 Å². The van der Waals surface area contributed by atoms with Gasteiger partial charge < -0.3 is 9.29 Å². The third kappa shape index (κ3) is 3.85. The Morgan fingerprint density at radius 1 is 1.54 bits per heavy atom. The second kappa shape index (κ2) is 4.64. The van der Waals surface area contributed by atoms with Crippen molar-refractivity contribution in [3.05, 3.63) is 0 Å². The minimum Gasteiger partial charge on any atom is -0.598 e. The maximum atomic E-state index is 11.6. The molecule has 0 aromatic heterocycles. The van der Waals surface area contributed by atoms with Gasteiger partial charge in [0.25, 0.3) is 0 Å². The molecule has 1 fully saturated rings. The highest BCUT2D eigenvalue weighted by atomic mass is 32.2. The maximum absolute atomic E-state index is 11.6. The number of nitrogens with one attached hydrogen (secondary N) is 1. The predicted molar refractivity (Wildman–Crippen MR) is 54.9 cm³/mol. The number of hydrogen-bond donors (Lipinski definition) is 1. The molecule has 1 N–H and O–H groups in total. The zero-order valence-electron chi connectivity index (χ0n) is 8.63. The smallest absolute Gasteiger partial charge is 0.136 e. The highest BCUT2D eigenvalue weighted by Crippen LogP contribution is 2.15. The van der Waals surface area contributed by atoms with E-state index in [9.17, 15) is 4.55 Å². The molecule has 1 aliphatic rings. The van der Waals surface area contributed by atoms with Gasteiger partial charge in [-0.1, -0.05) is 0 Å². The summed E-state index contributed by atoms with van der Waals surface area (Å²) in [6.07, 6.45) is 2.49. The largest absolute Gasteiger partial charge is 0.598 e. The number of rotatable bonds is 3. The monoisotopic (exact) mass is 205 g/mol. The lowest BCUT2D eigenvalue weighted by molar-refractivity contribution is 0.114. The van der Waals surface area contributed by atoms with Crippen molar-refractivity contribution in [2.24, 2.45) is 0 Å². The summed E-state index contributed by atoms with van der Waals surface area (Å²) in [7, 11) is 0. The first-order valence-corrected chi connectivity index (χ1v) is 5.92. The molecule has 0 aromatic carbocycles. The molecule has 2 atom stereocenters. The summed E-state index contributed by atoms with van der Waals surface area (Å²) >= 11 is -0.963. The van der Waals surface area contributed by atoms with Crippen LogP contribution in [0.3, 0.4) is 0 Å². The summed E-state index contributed by atoms with van der Waals surface area (Å²) in [4.78, 5) is 0. The predicted octanol–water partition coefficient (Wildman–Crippen LogP) is 1.22. The van der Waals surface area contributed by atoms with E-state index in [1.165, 1.54) is 0 Å². The fraction of sp³-hybridized carbons (Fsp3) is 1.00. The van der Waals surface area contributed by atoms with E-state index in [0.29, 0.717) is 6.54 Å². The fourth-order valence-electron chi connectivity index (χ4n) is 1.19. The Kier molecular flexibility index (Phi) is 4.04. The molecule has 1 heterocycles. The summed E-state index contributed by atoms with van der Waals surface area (Å²) in [5.41, 5.74) is 0. The van der Waals surface area contributed by atoms with Gasteiger partial charge in [0.1, 0.15) is 4.75 Å². The first-order chi connectivity index (χ1) is 6.00. The van der Waals surface area contributed by atoms with E-state index in [0.717, 1.165) is 19.4 Å². The van der Waals surface area contributed by atoms with E-state index in [1.54, 1.807) is 0 Å². The summed E-state index contributed by atoms with van der Waals surface area (Å²) in [6.45, 7) is 7.46. The molecule has 0 amide bonds. The third-order valence-electron chi connectivity index (χ3n) is 2.02. The average Bonchev–Trinajstić information content (AvgIpc) is 2.50. The Bertz CT molecular complexity index is 152. The number of hydrogen-bond acceptors (Lipinski definition) is 3. The molecule has 4 heteroatoms. The molecule has 0 bridgehead atoms. The quantitative estimate of drug-likeness (QED) is 0.705. The van der Waals surface area contributed by atoms with Crippen LogP contribution in [0.5, 0.6) is 0 Å². The van der Waals surface area contributed by atoms with Crippen molar-refractivity contribution in [2.75, 3.05) is 13.2 Å². The molecule has 0 unspecified atom stereocenters. The van der Waals surface area contributed by atoms with Gasteiger partial charge in [-0.3, -0.25) is 0 Å². The van der Waals surface area contributed by atoms with Crippen LogP contribution >= 0.6 is 0 Å². The molecular weight excluding hydrogens is 186 g/mol. The molecule has 1 aliphatic heterocycles. The van der Waals surface area contributed by atoms with Crippen molar-refractivity contribution in [3.63, 3.8) is 0 Å². The van der Waals surface area contributed by atoms with Crippen LogP contribution in [-0.4, -0.2) is 28.6 Å². The molecule has 0 radical (unpaired) electrons. The van der Waals surface area contributed by atoms with Gasteiger partial charge in [-0.15, -0.1) is 4.72 Å². The van der Waals surface area contributed by atoms with Crippen molar-refractivity contribution < 1.29 is 9.29 Å². The number of ether oxygens (including phenoxy) is 1. The Labute approximate surface area is 83.5 Å². The zero-order chi connectivity index (χ0) is 9.90. The van der Waals surface area contributed by atoms with Crippen LogP contribution in [0.4, 0.5) is 0 Å². The maximum Gasteiger partial charge on any atom is 0.136 e. The second-order valence-corrected chi connectivity index (χ2v) is 6.42. The Morgan fingerprint density at radius 2 is 2.23 bits per heavy atom. The first-order valence-electron chi connectivity index (χ1n) is 4.77. The fourth-order valence-corrected chi connectivity index (χ4v) is 1.96. The minimum atomic E-state index is -0.963. The summed E-state index contributed by atoms with van der Waals surface area (Å²) < 4.78 is 19.8. The Hall–Kier alpha value is 0.230. The van der Waals surface area contributed by atoms with Gasteiger partial charge in [0, 0.05) is 18.0 Å². The second-order valence-electron chi connectivity index (χ2n) is 4.36. The molecule has 0 spiro atoms. The van der Waals surface area contributed by atoms with Crippen molar-refractivity contribution >= 4 is 11.4 Å². The van der Waals surface area contributed by atoms with Gasteiger partial charge in [-0.05, 0) is 33.6 Å². The summed E-state index contributed by atoms with van der Waals surface area (Å²) in [5, 5.41) is 0. The van der Waals surface area contributed by atoms with E-state index in [2.05, 4.69) is 4.72 Å². The van der Waals surface area contributed by atoms with Crippen molar-refractivity contribution in [2.45, 2.75) is 44.5 Å². The minimum absolute atomic E-state index is 0.182. The van der Waals surface area contributed by atoms with Crippen molar-refractivity contribution in [1.29, 1.82) is 0 Å². The first kappa shape index (κ1) is 11.3. The highest BCUT2D eigenvalue weighted by Gasteiger charge is 2.27.